The minimum absolute atomic E-state index is 0.0761. The second-order valence-corrected chi connectivity index (χ2v) is 10.8. The quantitative estimate of drug-likeness (QED) is 0.745. The van der Waals surface area contributed by atoms with Gasteiger partial charge in [-0.1, -0.05) is 52.3 Å². The summed E-state index contributed by atoms with van der Waals surface area (Å²) in [5, 5.41) is 7.23. The number of benzene rings is 1. The number of sulfonamides is 1. The summed E-state index contributed by atoms with van der Waals surface area (Å²) >= 11 is 0. The van der Waals surface area contributed by atoms with E-state index >= 15 is 0 Å². The third-order valence-electron chi connectivity index (χ3n) is 4.46. The normalized spacial score (nSPS) is 12.6. The zero-order chi connectivity index (χ0) is 22.0. The molecule has 0 aliphatic heterocycles. The van der Waals surface area contributed by atoms with Crippen LogP contribution < -0.4 is 5.32 Å². The number of carbonyl (C=O) groups is 1. The number of aromatic nitrogens is 2. The van der Waals surface area contributed by atoms with Crippen molar-refractivity contribution in [3.63, 3.8) is 0 Å². The average Bonchev–Trinajstić information content (AvgIpc) is 2.95. The van der Waals surface area contributed by atoms with Crippen LogP contribution in [0.1, 0.15) is 45.9 Å². The van der Waals surface area contributed by atoms with E-state index in [1.165, 1.54) is 4.31 Å². The zero-order valence-electron chi connectivity index (χ0n) is 18.4. The Hall–Kier alpha value is -2.19. The van der Waals surface area contributed by atoms with Crippen molar-refractivity contribution < 1.29 is 13.2 Å². The van der Waals surface area contributed by atoms with Crippen LogP contribution in [0.4, 0.5) is 5.82 Å². The van der Waals surface area contributed by atoms with Gasteiger partial charge in [0.05, 0.1) is 17.1 Å². The van der Waals surface area contributed by atoms with Crippen LogP contribution in [-0.2, 0) is 27.3 Å². The number of nitrogens with one attached hydrogen (secondary N) is 1. The van der Waals surface area contributed by atoms with Crippen LogP contribution >= 0.6 is 0 Å². The molecule has 0 spiro atoms. The first-order valence-electron chi connectivity index (χ1n) is 9.72. The van der Waals surface area contributed by atoms with E-state index in [0.717, 1.165) is 11.3 Å². The highest BCUT2D eigenvalue weighted by Gasteiger charge is 2.28. The lowest BCUT2D eigenvalue weighted by Crippen LogP contribution is -2.40. The summed E-state index contributed by atoms with van der Waals surface area (Å²) in [6, 6.07) is 8.48. The first-order valence-corrected chi connectivity index (χ1v) is 11.2. The van der Waals surface area contributed by atoms with E-state index in [4.69, 9.17) is 0 Å². The van der Waals surface area contributed by atoms with E-state index < -0.39 is 15.9 Å². The van der Waals surface area contributed by atoms with Gasteiger partial charge >= 0.3 is 0 Å². The number of carbonyl (C=O) groups excluding carboxylic acids is 1. The maximum Gasteiger partial charge on any atom is 0.243 e. The van der Waals surface area contributed by atoms with Crippen molar-refractivity contribution in [1.29, 1.82) is 0 Å². The van der Waals surface area contributed by atoms with Gasteiger partial charge in [0.2, 0.25) is 15.9 Å². The number of amides is 1. The summed E-state index contributed by atoms with van der Waals surface area (Å²) in [7, 11) is -2.03. The van der Waals surface area contributed by atoms with Gasteiger partial charge in [0.1, 0.15) is 5.82 Å². The van der Waals surface area contributed by atoms with Crippen molar-refractivity contribution in [2.24, 2.45) is 13.0 Å². The Morgan fingerprint density at radius 3 is 2.28 bits per heavy atom. The van der Waals surface area contributed by atoms with Gasteiger partial charge in [0, 0.05) is 25.1 Å². The second kappa shape index (κ2) is 8.67. The Kier molecular flexibility index (Phi) is 6.90. The van der Waals surface area contributed by atoms with Crippen molar-refractivity contribution in [2.75, 3.05) is 18.4 Å². The summed E-state index contributed by atoms with van der Waals surface area (Å²) in [5.74, 6) is 0.217. The summed E-state index contributed by atoms with van der Waals surface area (Å²) < 4.78 is 29.0. The van der Waals surface area contributed by atoms with Gasteiger partial charge < -0.3 is 5.32 Å². The molecule has 1 heterocycles. The van der Waals surface area contributed by atoms with Crippen molar-refractivity contribution in [2.45, 2.75) is 51.9 Å². The van der Waals surface area contributed by atoms with Crippen molar-refractivity contribution >= 4 is 21.7 Å². The number of hydrogen-bond acceptors (Lipinski definition) is 4. The van der Waals surface area contributed by atoms with Crippen LogP contribution in [0.5, 0.6) is 0 Å². The van der Waals surface area contributed by atoms with Gasteiger partial charge in [-0.05, 0) is 25.0 Å². The summed E-state index contributed by atoms with van der Waals surface area (Å²) in [6.07, 6.45) is 0. The maximum atomic E-state index is 13.1. The highest BCUT2D eigenvalue weighted by molar-refractivity contribution is 7.89. The van der Waals surface area contributed by atoms with E-state index in [1.54, 1.807) is 36.0 Å². The lowest BCUT2D eigenvalue weighted by atomic mass is 9.92. The molecule has 1 aromatic heterocycles. The molecule has 7 nitrogen and oxygen atoms in total. The topological polar surface area (TPSA) is 84.3 Å². The molecule has 29 heavy (non-hydrogen) atoms. The monoisotopic (exact) mass is 420 g/mol. The minimum atomic E-state index is -3.78. The number of rotatable bonds is 7. The van der Waals surface area contributed by atoms with E-state index in [9.17, 15) is 13.2 Å². The molecule has 0 radical (unpaired) electrons. The predicted octanol–water partition coefficient (Wildman–Crippen LogP) is 3.31. The third kappa shape index (κ3) is 5.90. The largest absolute Gasteiger partial charge is 0.310 e. The molecule has 1 N–H and O–H groups in total. The average molecular weight is 421 g/mol. The van der Waals surface area contributed by atoms with Gasteiger partial charge in [0.25, 0.3) is 0 Å². The summed E-state index contributed by atoms with van der Waals surface area (Å²) in [6.45, 7) is 11.9. The molecule has 2 rings (SSSR count). The Bertz CT molecular complexity index is 955. The zero-order valence-corrected chi connectivity index (χ0v) is 19.2. The minimum Gasteiger partial charge on any atom is -0.310 e. The van der Waals surface area contributed by atoms with Gasteiger partial charge in [-0.15, -0.1) is 0 Å². The fourth-order valence-corrected chi connectivity index (χ4v) is 4.37. The number of hydrogen-bond donors (Lipinski definition) is 1. The molecule has 8 heteroatoms. The smallest absolute Gasteiger partial charge is 0.243 e. The number of nitrogens with zero attached hydrogens (tertiary/aromatic N) is 3. The Labute approximate surface area is 174 Å². The van der Waals surface area contributed by atoms with Crippen LogP contribution in [0.2, 0.25) is 0 Å². The molecule has 0 fully saturated rings. The molecule has 0 saturated heterocycles. The molecule has 0 saturated carbocycles. The SMILES string of the molecule is Cc1ccc(S(=O)(=O)N(CC(=O)Nc2cc(C(C)(C)C)nn2C)CC(C)C)cc1. The molecule has 0 atom stereocenters. The van der Waals surface area contributed by atoms with Gasteiger partial charge in [-0.25, -0.2) is 8.42 Å². The third-order valence-corrected chi connectivity index (χ3v) is 6.29. The molecule has 0 bridgehead atoms. The Morgan fingerprint density at radius 2 is 1.79 bits per heavy atom. The van der Waals surface area contributed by atoms with Crippen LogP contribution in [0.3, 0.4) is 0 Å². The fraction of sp³-hybridized carbons (Fsp3) is 0.524. The molecule has 2 aromatic rings. The van der Waals surface area contributed by atoms with E-state index in [1.807, 2.05) is 47.6 Å². The Balaban J connectivity index is 2.23. The van der Waals surface area contributed by atoms with Crippen LogP contribution in [-0.4, -0.2) is 41.5 Å². The highest BCUT2D eigenvalue weighted by atomic mass is 32.2. The van der Waals surface area contributed by atoms with Crippen molar-refractivity contribution in [1.82, 2.24) is 14.1 Å². The number of aryl methyl sites for hydroxylation is 2. The molecule has 160 valence electrons. The summed E-state index contributed by atoms with van der Waals surface area (Å²) in [4.78, 5) is 12.9. The number of anilines is 1. The van der Waals surface area contributed by atoms with Gasteiger partial charge in [-0.2, -0.15) is 9.40 Å². The fourth-order valence-electron chi connectivity index (χ4n) is 2.81. The maximum absolute atomic E-state index is 13.1. The van der Waals surface area contributed by atoms with E-state index in [-0.39, 0.29) is 29.3 Å². The van der Waals surface area contributed by atoms with Gasteiger partial charge in [0.15, 0.2) is 0 Å². The molecule has 0 aliphatic carbocycles. The van der Waals surface area contributed by atoms with Gasteiger partial charge in [-0.3, -0.25) is 9.48 Å². The standard InChI is InChI=1S/C21H32N4O3S/c1-15(2)13-25(29(27,28)17-10-8-16(3)9-11-17)14-20(26)22-19-12-18(21(4,5)6)23-24(19)7/h8-12,15H,13-14H2,1-7H3,(H,22,26). The first kappa shape index (κ1) is 23.1. The molecule has 0 aliphatic rings. The van der Waals surface area contributed by atoms with Crippen LogP contribution in [0.25, 0.3) is 0 Å². The molecule has 1 aromatic carbocycles. The lowest BCUT2D eigenvalue weighted by Gasteiger charge is -2.23. The van der Waals surface area contributed by atoms with E-state index in [0.29, 0.717) is 5.82 Å². The van der Waals surface area contributed by atoms with Crippen LogP contribution in [0.15, 0.2) is 35.2 Å². The molecular formula is C21H32N4O3S. The molecule has 1 amide bonds. The highest BCUT2D eigenvalue weighted by Crippen LogP contribution is 2.23. The van der Waals surface area contributed by atoms with Crippen molar-refractivity contribution in [3.05, 3.63) is 41.6 Å². The Morgan fingerprint density at radius 1 is 1.21 bits per heavy atom. The predicted molar refractivity (Wildman–Crippen MR) is 115 cm³/mol. The van der Waals surface area contributed by atoms with E-state index in [2.05, 4.69) is 10.4 Å². The lowest BCUT2D eigenvalue weighted by molar-refractivity contribution is -0.116. The first-order chi connectivity index (χ1) is 13.3. The second-order valence-electron chi connectivity index (χ2n) is 8.84. The summed E-state index contributed by atoms with van der Waals surface area (Å²) in [5.41, 5.74) is 1.67. The van der Waals surface area contributed by atoms with Crippen molar-refractivity contribution in [3.8, 4) is 0 Å². The van der Waals surface area contributed by atoms with Crippen LogP contribution in [0, 0.1) is 12.8 Å². The molecule has 0 unspecified atom stereocenters. The molecular weight excluding hydrogens is 388 g/mol.